The molecule has 0 atom stereocenters. The molecule has 0 spiro atoms. The molecule has 0 heteroatoms. The number of aryl methyl sites for hydroxylation is 1. The van der Waals surface area contributed by atoms with Crippen LogP contribution in [0.5, 0.6) is 0 Å². The highest BCUT2D eigenvalue weighted by atomic mass is 14.1. The topological polar surface area (TPSA) is 0 Å². The Morgan fingerprint density at radius 1 is 1.10 bits per heavy atom. The zero-order valence-corrected chi connectivity index (χ0v) is 13.1. The van der Waals surface area contributed by atoms with Gasteiger partial charge in [-0.15, -0.1) is 0 Å². The Hall–Kier alpha value is -2.08. The number of unbranched alkanes of at least 4 members (excludes halogenated alkanes) is 1. The third kappa shape index (κ3) is 4.75. The molecule has 21 heavy (non-hydrogen) atoms. The van der Waals surface area contributed by atoms with Crippen LogP contribution in [-0.4, -0.2) is 0 Å². The van der Waals surface area contributed by atoms with Crippen LogP contribution >= 0.6 is 0 Å². The predicted octanol–water partition coefficient (Wildman–Crippen LogP) is 6.06. The molecule has 0 aliphatic heterocycles. The summed E-state index contributed by atoms with van der Waals surface area (Å²) in [6.45, 7) is 8.56. The molecule has 0 amide bonds. The second-order valence-electron chi connectivity index (χ2n) is 5.58. The highest BCUT2D eigenvalue weighted by molar-refractivity contribution is 5.67. The average molecular weight is 276 g/mol. The molecule has 0 saturated heterocycles. The standard InChI is InChI=1S/C21H24/c1-4-5-6-9-19-11-13-21(14-12-19)18(3)16-20-10-7-8-17(2)15-20/h6-15H,3-5,16H2,1-2H3/b9-6+. The first kappa shape index (κ1) is 15.3. The van der Waals surface area contributed by atoms with Crippen molar-refractivity contribution < 1.29 is 0 Å². The lowest BCUT2D eigenvalue weighted by Crippen LogP contribution is -1.90. The van der Waals surface area contributed by atoms with Crippen molar-refractivity contribution in [2.45, 2.75) is 33.1 Å². The van der Waals surface area contributed by atoms with E-state index in [0.29, 0.717) is 0 Å². The van der Waals surface area contributed by atoms with Crippen LogP contribution in [0, 0.1) is 6.92 Å². The summed E-state index contributed by atoms with van der Waals surface area (Å²) in [6, 6.07) is 17.3. The van der Waals surface area contributed by atoms with Crippen LogP contribution < -0.4 is 0 Å². The molecule has 0 unspecified atom stereocenters. The van der Waals surface area contributed by atoms with E-state index < -0.39 is 0 Å². The van der Waals surface area contributed by atoms with Crippen LogP contribution in [0.3, 0.4) is 0 Å². The summed E-state index contributed by atoms with van der Waals surface area (Å²) in [7, 11) is 0. The van der Waals surface area contributed by atoms with Crippen molar-refractivity contribution in [2.24, 2.45) is 0 Å². The molecule has 0 nitrogen and oxygen atoms in total. The van der Waals surface area contributed by atoms with Gasteiger partial charge >= 0.3 is 0 Å². The molecule has 0 heterocycles. The molecule has 0 fully saturated rings. The highest BCUT2D eigenvalue weighted by Gasteiger charge is 2.01. The van der Waals surface area contributed by atoms with Gasteiger partial charge in [0.25, 0.3) is 0 Å². The molecule has 0 aliphatic carbocycles. The number of hydrogen-bond acceptors (Lipinski definition) is 0. The van der Waals surface area contributed by atoms with E-state index in [9.17, 15) is 0 Å². The van der Waals surface area contributed by atoms with E-state index in [1.807, 2.05) is 0 Å². The fourth-order valence-corrected chi connectivity index (χ4v) is 2.39. The van der Waals surface area contributed by atoms with Gasteiger partial charge in [0.15, 0.2) is 0 Å². The van der Waals surface area contributed by atoms with Gasteiger partial charge in [-0.1, -0.05) is 86.2 Å². The lowest BCUT2D eigenvalue weighted by atomic mass is 9.98. The zero-order valence-electron chi connectivity index (χ0n) is 13.1. The van der Waals surface area contributed by atoms with E-state index in [0.717, 1.165) is 12.8 Å². The monoisotopic (exact) mass is 276 g/mol. The SMILES string of the molecule is C=C(Cc1cccc(C)c1)c1ccc(/C=C/CCC)cc1. The quantitative estimate of drug-likeness (QED) is 0.601. The summed E-state index contributed by atoms with van der Waals surface area (Å²) in [5, 5.41) is 0. The fraction of sp³-hybridized carbons (Fsp3) is 0.238. The Labute approximate surface area is 128 Å². The van der Waals surface area contributed by atoms with Gasteiger partial charge in [0.05, 0.1) is 0 Å². The Bertz CT molecular complexity index is 615. The molecule has 2 aromatic carbocycles. The number of allylic oxidation sites excluding steroid dienone is 2. The van der Waals surface area contributed by atoms with Crippen molar-refractivity contribution in [1.29, 1.82) is 0 Å². The van der Waals surface area contributed by atoms with Crippen LogP contribution in [0.25, 0.3) is 11.6 Å². The van der Waals surface area contributed by atoms with Crippen molar-refractivity contribution in [1.82, 2.24) is 0 Å². The predicted molar refractivity (Wildman–Crippen MR) is 94.3 cm³/mol. The van der Waals surface area contributed by atoms with Gasteiger partial charge in [0.2, 0.25) is 0 Å². The van der Waals surface area contributed by atoms with E-state index in [2.05, 4.69) is 81.1 Å². The third-order valence-corrected chi connectivity index (χ3v) is 3.58. The minimum atomic E-state index is 0.909. The maximum atomic E-state index is 4.24. The van der Waals surface area contributed by atoms with Crippen molar-refractivity contribution in [2.75, 3.05) is 0 Å². The molecule has 0 aliphatic rings. The number of benzene rings is 2. The smallest absolute Gasteiger partial charge is 0.00256 e. The highest BCUT2D eigenvalue weighted by Crippen LogP contribution is 2.19. The second-order valence-corrected chi connectivity index (χ2v) is 5.58. The maximum absolute atomic E-state index is 4.24. The fourth-order valence-electron chi connectivity index (χ4n) is 2.39. The van der Waals surface area contributed by atoms with Crippen molar-refractivity contribution in [3.8, 4) is 0 Å². The van der Waals surface area contributed by atoms with Crippen LogP contribution in [0.15, 0.2) is 61.2 Å². The summed E-state index contributed by atoms with van der Waals surface area (Å²) in [5.74, 6) is 0. The Kier molecular flexibility index (Phi) is 5.57. The van der Waals surface area contributed by atoms with Crippen molar-refractivity contribution >= 4 is 11.6 Å². The molecule has 2 rings (SSSR count). The van der Waals surface area contributed by atoms with Gasteiger partial charge in [-0.2, -0.15) is 0 Å². The summed E-state index contributed by atoms with van der Waals surface area (Å²) in [6.07, 6.45) is 7.67. The van der Waals surface area contributed by atoms with Gasteiger partial charge in [0.1, 0.15) is 0 Å². The molecule has 0 saturated carbocycles. The van der Waals surface area contributed by atoms with E-state index >= 15 is 0 Å². The van der Waals surface area contributed by atoms with Gasteiger partial charge in [-0.25, -0.2) is 0 Å². The normalized spacial score (nSPS) is 11.0. The molecular formula is C21H24. The summed E-state index contributed by atoms with van der Waals surface area (Å²) >= 11 is 0. The summed E-state index contributed by atoms with van der Waals surface area (Å²) in [5.41, 5.74) is 6.29. The number of rotatable bonds is 6. The molecule has 108 valence electrons. The van der Waals surface area contributed by atoms with Gasteiger partial charge in [-0.05, 0) is 42.0 Å². The maximum Gasteiger partial charge on any atom is -0.00256 e. The Balaban J connectivity index is 2.03. The molecule has 0 radical (unpaired) electrons. The molecular weight excluding hydrogens is 252 g/mol. The largest absolute Gasteiger partial charge is 0.0949 e. The molecule has 0 N–H and O–H groups in total. The second kappa shape index (κ2) is 7.64. The Morgan fingerprint density at radius 3 is 2.52 bits per heavy atom. The van der Waals surface area contributed by atoms with Gasteiger partial charge < -0.3 is 0 Å². The minimum absolute atomic E-state index is 0.909. The lowest BCUT2D eigenvalue weighted by Gasteiger charge is -2.07. The van der Waals surface area contributed by atoms with E-state index in [1.54, 1.807) is 0 Å². The minimum Gasteiger partial charge on any atom is -0.0949 e. The average Bonchev–Trinajstić information content (AvgIpc) is 2.48. The van der Waals surface area contributed by atoms with Crippen LogP contribution in [0.4, 0.5) is 0 Å². The van der Waals surface area contributed by atoms with E-state index in [-0.39, 0.29) is 0 Å². The Morgan fingerprint density at radius 2 is 1.86 bits per heavy atom. The molecule has 0 aromatic heterocycles. The van der Waals surface area contributed by atoms with Crippen molar-refractivity contribution in [3.05, 3.63) is 83.4 Å². The lowest BCUT2D eigenvalue weighted by molar-refractivity contribution is 0.962. The third-order valence-electron chi connectivity index (χ3n) is 3.58. The summed E-state index contributed by atoms with van der Waals surface area (Å²) in [4.78, 5) is 0. The molecule has 2 aromatic rings. The van der Waals surface area contributed by atoms with Gasteiger partial charge in [0, 0.05) is 0 Å². The van der Waals surface area contributed by atoms with Crippen molar-refractivity contribution in [3.63, 3.8) is 0 Å². The first-order valence-electron chi connectivity index (χ1n) is 7.69. The summed E-state index contributed by atoms with van der Waals surface area (Å²) < 4.78 is 0. The first-order valence-corrected chi connectivity index (χ1v) is 7.69. The van der Waals surface area contributed by atoms with E-state index in [1.165, 1.54) is 34.2 Å². The van der Waals surface area contributed by atoms with Crippen LogP contribution in [0.2, 0.25) is 0 Å². The zero-order chi connectivity index (χ0) is 15.1. The van der Waals surface area contributed by atoms with E-state index in [4.69, 9.17) is 0 Å². The van der Waals surface area contributed by atoms with Crippen LogP contribution in [0.1, 0.15) is 42.0 Å². The van der Waals surface area contributed by atoms with Crippen LogP contribution in [-0.2, 0) is 6.42 Å². The number of hydrogen-bond donors (Lipinski definition) is 0. The first-order chi connectivity index (χ1) is 10.2. The van der Waals surface area contributed by atoms with Gasteiger partial charge in [-0.3, -0.25) is 0 Å². The molecule has 0 bridgehead atoms.